The van der Waals surface area contributed by atoms with Crippen molar-refractivity contribution in [1.29, 1.82) is 0 Å². The second kappa shape index (κ2) is 14.9. The molecule has 0 spiro atoms. The molecule has 41 heavy (non-hydrogen) atoms. The summed E-state index contributed by atoms with van der Waals surface area (Å²) in [5, 5.41) is 22.8. The van der Waals surface area contributed by atoms with Crippen LogP contribution in [0, 0.1) is 0 Å². The van der Waals surface area contributed by atoms with Crippen molar-refractivity contribution in [3.63, 3.8) is 0 Å². The number of hydrogen-bond donors (Lipinski definition) is 2. The molecule has 214 valence electrons. The molecule has 7 nitrogen and oxygen atoms in total. The molecule has 1 fully saturated rings. The van der Waals surface area contributed by atoms with Gasteiger partial charge < -0.3 is 33.9 Å². The molecule has 2 N–H and O–H groups in total. The Kier molecular flexibility index (Phi) is 10.5. The molecule has 0 aromatic heterocycles. The maximum absolute atomic E-state index is 11.5. The smallest absolute Gasteiger partial charge is 0.229 e. The van der Waals surface area contributed by atoms with Crippen molar-refractivity contribution < 1.29 is 33.9 Å². The minimum absolute atomic E-state index is 0.119. The number of aliphatic hydroxyl groups is 2. The first-order valence-corrected chi connectivity index (χ1v) is 13.8. The van der Waals surface area contributed by atoms with Crippen LogP contribution in [-0.2, 0) is 38.8 Å². The van der Waals surface area contributed by atoms with E-state index in [1.807, 2.05) is 109 Å². The molecule has 0 amide bonds. The van der Waals surface area contributed by atoms with Crippen LogP contribution in [0.1, 0.15) is 16.7 Å². The third kappa shape index (κ3) is 8.24. The summed E-state index contributed by atoms with van der Waals surface area (Å²) in [6, 6.07) is 38.3. The fraction of sp³-hybridized carbons (Fsp3) is 0.294. The van der Waals surface area contributed by atoms with Gasteiger partial charge >= 0.3 is 0 Å². The lowest BCUT2D eigenvalue weighted by atomic mass is 10.00. The van der Waals surface area contributed by atoms with E-state index in [-0.39, 0.29) is 19.8 Å². The molecule has 0 aliphatic carbocycles. The second-order valence-corrected chi connectivity index (χ2v) is 9.98. The average molecular weight is 557 g/mol. The summed E-state index contributed by atoms with van der Waals surface area (Å²) in [5.74, 6) is 0.498. The van der Waals surface area contributed by atoms with Gasteiger partial charge in [0.1, 0.15) is 36.3 Å². The van der Waals surface area contributed by atoms with Crippen molar-refractivity contribution in [2.24, 2.45) is 0 Å². The summed E-state index contributed by atoms with van der Waals surface area (Å²) in [6.07, 6.45) is -6.44. The van der Waals surface area contributed by atoms with Crippen molar-refractivity contribution in [2.75, 3.05) is 6.61 Å². The molecule has 4 aromatic rings. The van der Waals surface area contributed by atoms with E-state index in [4.69, 9.17) is 23.7 Å². The van der Waals surface area contributed by atoms with Gasteiger partial charge in [0.15, 0.2) is 0 Å². The molecule has 1 aliphatic rings. The van der Waals surface area contributed by atoms with Crippen LogP contribution in [-0.4, -0.2) is 53.6 Å². The second-order valence-electron chi connectivity index (χ2n) is 9.98. The van der Waals surface area contributed by atoms with Gasteiger partial charge in [0.2, 0.25) is 6.29 Å². The van der Waals surface area contributed by atoms with E-state index < -0.39 is 36.8 Å². The molecule has 5 rings (SSSR count). The summed E-state index contributed by atoms with van der Waals surface area (Å²) in [7, 11) is 0. The Morgan fingerprint density at radius 1 is 0.537 bits per heavy atom. The van der Waals surface area contributed by atoms with Gasteiger partial charge in [-0.05, 0) is 28.8 Å². The lowest BCUT2D eigenvalue weighted by Gasteiger charge is -2.33. The molecule has 4 aromatic carbocycles. The van der Waals surface area contributed by atoms with Crippen LogP contribution >= 0.6 is 0 Å². The van der Waals surface area contributed by atoms with Gasteiger partial charge in [-0.3, -0.25) is 0 Å². The Labute approximate surface area is 240 Å². The highest BCUT2D eigenvalue weighted by atomic mass is 16.7. The third-order valence-corrected chi connectivity index (χ3v) is 6.92. The lowest BCUT2D eigenvalue weighted by Crippen LogP contribution is -2.50. The minimum Gasteiger partial charge on any atom is -0.462 e. The maximum atomic E-state index is 11.5. The topological polar surface area (TPSA) is 86.6 Å². The normalized spacial score (nSPS) is 24.4. The van der Waals surface area contributed by atoms with Crippen LogP contribution in [0.2, 0.25) is 0 Å². The monoisotopic (exact) mass is 556 g/mol. The summed E-state index contributed by atoms with van der Waals surface area (Å²) >= 11 is 0. The fourth-order valence-electron chi connectivity index (χ4n) is 4.75. The van der Waals surface area contributed by atoms with Gasteiger partial charge in [-0.2, -0.15) is 0 Å². The maximum Gasteiger partial charge on any atom is 0.229 e. The van der Waals surface area contributed by atoms with E-state index in [9.17, 15) is 10.2 Å². The summed E-state index contributed by atoms with van der Waals surface area (Å²) in [5.41, 5.74) is 2.89. The van der Waals surface area contributed by atoms with Gasteiger partial charge in [-0.1, -0.05) is 109 Å². The average Bonchev–Trinajstić information content (AvgIpc) is 3.11. The number of benzene rings is 4. The van der Waals surface area contributed by atoms with Gasteiger partial charge in [0, 0.05) is 0 Å². The van der Waals surface area contributed by atoms with Crippen LogP contribution in [0.15, 0.2) is 121 Å². The highest BCUT2D eigenvalue weighted by molar-refractivity contribution is 5.21. The zero-order chi connectivity index (χ0) is 28.3. The number of rotatable bonds is 12. The highest BCUT2D eigenvalue weighted by Gasteiger charge is 2.48. The first-order chi connectivity index (χ1) is 20.2. The molecule has 6 atom stereocenters. The van der Waals surface area contributed by atoms with Gasteiger partial charge in [0.25, 0.3) is 0 Å². The van der Waals surface area contributed by atoms with Crippen molar-refractivity contribution in [2.45, 2.75) is 56.6 Å². The predicted octanol–water partition coefficient (Wildman–Crippen LogP) is 4.90. The first-order valence-electron chi connectivity index (χ1n) is 13.8. The molecular formula is C34H36O7. The van der Waals surface area contributed by atoms with Crippen LogP contribution in [0.3, 0.4) is 0 Å². The quantitative estimate of drug-likeness (QED) is 0.257. The lowest BCUT2D eigenvalue weighted by molar-refractivity contribution is -0.206. The first kappa shape index (κ1) is 29.0. The summed E-state index contributed by atoms with van der Waals surface area (Å²) in [4.78, 5) is 0. The molecule has 0 radical (unpaired) electrons. The van der Waals surface area contributed by atoms with Crippen molar-refractivity contribution in [3.8, 4) is 5.75 Å². The Bertz CT molecular complexity index is 1270. The number of ether oxygens (including phenoxy) is 5. The van der Waals surface area contributed by atoms with Gasteiger partial charge in [-0.15, -0.1) is 0 Å². The molecule has 1 saturated heterocycles. The standard InChI is InChI=1S/C34H36O7/c35-30-31(36)34(40-28-19-11-4-12-20-28)41-29(24-37-21-25-13-5-1-6-14-25)32(38-22-26-15-7-2-8-16-26)33(30)39-23-27-17-9-3-10-18-27/h1-20,29-36H,21-24H2/t29-,30?,31+,32-,33-,34-/m1/s1. The molecule has 0 saturated carbocycles. The Morgan fingerprint density at radius 2 is 1.00 bits per heavy atom. The van der Waals surface area contributed by atoms with E-state index in [0.29, 0.717) is 12.4 Å². The number of para-hydroxylation sites is 1. The van der Waals surface area contributed by atoms with E-state index >= 15 is 0 Å². The van der Waals surface area contributed by atoms with E-state index in [0.717, 1.165) is 16.7 Å². The molecule has 1 unspecified atom stereocenters. The van der Waals surface area contributed by atoms with Crippen molar-refractivity contribution in [3.05, 3.63) is 138 Å². The minimum atomic E-state index is -1.42. The molecule has 0 bridgehead atoms. The summed E-state index contributed by atoms with van der Waals surface area (Å²) in [6.45, 7) is 0.940. The predicted molar refractivity (Wildman–Crippen MR) is 154 cm³/mol. The summed E-state index contributed by atoms with van der Waals surface area (Å²) < 4.78 is 31.2. The fourth-order valence-corrected chi connectivity index (χ4v) is 4.75. The zero-order valence-electron chi connectivity index (χ0n) is 22.8. The highest BCUT2D eigenvalue weighted by Crippen LogP contribution is 2.29. The zero-order valence-corrected chi connectivity index (χ0v) is 22.8. The Hall–Kier alpha value is -3.56. The number of aliphatic hydroxyl groups excluding tert-OH is 2. The molecule has 1 heterocycles. The van der Waals surface area contributed by atoms with Gasteiger partial charge in [-0.25, -0.2) is 0 Å². The molecule has 1 aliphatic heterocycles. The van der Waals surface area contributed by atoms with Crippen molar-refractivity contribution in [1.82, 2.24) is 0 Å². The largest absolute Gasteiger partial charge is 0.462 e. The Morgan fingerprint density at radius 3 is 1.54 bits per heavy atom. The van der Waals surface area contributed by atoms with Crippen molar-refractivity contribution >= 4 is 0 Å². The van der Waals surface area contributed by atoms with Gasteiger partial charge in [0.05, 0.1) is 26.4 Å². The van der Waals surface area contributed by atoms with E-state index in [1.54, 1.807) is 12.1 Å². The van der Waals surface area contributed by atoms with E-state index in [2.05, 4.69) is 0 Å². The van der Waals surface area contributed by atoms with Crippen LogP contribution < -0.4 is 4.74 Å². The third-order valence-electron chi connectivity index (χ3n) is 6.92. The molecular weight excluding hydrogens is 520 g/mol. The van der Waals surface area contributed by atoms with E-state index in [1.165, 1.54) is 0 Å². The van der Waals surface area contributed by atoms with Crippen LogP contribution in [0.4, 0.5) is 0 Å². The number of hydrogen-bond acceptors (Lipinski definition) is 7. The Balaban J connectivity index is 1.41. The molecule has 7 heteroatoms. The SMILES string of the molecule is OC1[C@@H](OCc2ccccc2)[C@H](OCc2ccccc2)[C@@H](COCc2ccccc2)O[C@@H](Oc2ccccc2)[C@H]1O. The van der Waals surface area contributed by atoms with Crippen LogP contribution in [0.5, 0.6) is 5.75 Å². The van der Waals surface area contributed by atoms with Crippen LogP contribution in [0.25, 0.3) is 0 Å².